The second-order valence-corrected chi connectivity index (χ2v) is 7.24. The molecule has 0 amide bonds. The van der Waals surface area contributed by atoms with Crippen molar-refractivity contribution < 1.29 is 0 Å². The maximum Gasteiger partial charge on any atom is 0.0705 e. The Morgan fingerprint density at radius 3 is 2.40 bits per heavy atom. The molecule has 0 radical (unpaired) electrons. The Labute approximate surface area is 121 Å². The third kappa shape index (κ3) is 2.03. The van der Waals surface area contributed by atoms with E-state index >= 15 is 0 Å². The van der Waals surface area contributed by atoms with Gasteiger partial charge in [-0.2, -0.15) is 0 Å². The van der Waals surface area contributed by atoms with Crippen molar-refractivity contribution >= 4 is 10.9 Å². The molecule has 1 heterocycles. The highest BCUT2D eigenvalue weighted by atomic mass is 15.0. The number of nitrogens with zero attached hydrogens (tertiary/aromatic N) is 1. The molecule has 0 atom stereocenters. The van der Waals surface area contributed by atoms with Gasteiger partial charge in [0.25, 0.3) is 0 Å². The van der Waals surface area contributed by atoms with Crippen molar-refractivity contribution in [1.82, 2.24) is 10.3 Å². The lowest BCUT2D eigenvalue weighted by Crippen LogP contribution is -2.21. The van der Waals surface area contributed by atoms with Gasteiger partial charge in [-0.15, -0.1) is 0 Å². The van der Waals surface area contributed by atoms with Gasteiger partial charge in [0.2, 0.25) is 0 Å². The van der Waals surface area contributed by atoms with Crippen LogP contribution in [0.1, 0.15) is 39.0 Å². The number of aromatic nitrogens is 1. The minimum absolute atomic E-state index is 0.391. The Balaban J connectivity index is 1.75. The first-order valence-electron chi connectivity index (χ1n) is 7.42. The molecule has 3 rings (SSSR count). The Bertz CT molecular complexity index is 642. The van der Waals surface area contributed by atoms with Crippen LogP contribution in [0, 0.1) is 17.8 Å². The first-order chi connectivity index (χ1) is 9.32. The zero-order chi connectivity index (χ0) is 14.5. The molecule has 0 aliphatic heterocycles. The van der Waals surface area contributed by atoms with Crippen molar-refractivity contribution in [1.29, 1.82) is 0 Å². The van der Waals surface area contributed by atoms with E-state index in [9.17, 15) is 0 Å². The van der Waals surface area contributed by atoms with Crippen molar-refractivity contribution in [3.63, 3.8) is 0 Å². The van der Waals surface area contributed by atoms with Crippen LogP contribution in [0.25, 0.3) is 10.9 Å². The fourth-order valence-electron chi connectivity index (χ4n) is 3.31. The molecular formula is C18H24N2. The van der Waals surface area contributed by atoms with E-state index in [0.717, 1.165) is 17.8 Å². The van der Waals surface area contributed by atoms with E-state index in [2.05, 4.69) is 68.3 Å². The SMILES string of the molecule is Cc1ccc2cc(CNC3C(C)(C)C3(C)C)ccc2n1. The standard InChI is InChI=1S/C18H24N2/c1-12-6-8-14-10-13(7-9-15(14)20-12)11-19-16-17(2,3)18(16,4)5/h6-10,16,19H,11H2,1-5H3. The predicted molar refractivity (Wildman–Crippen MR) is 84.7 cm³/mol. The molecular weight excluding hydrogens is 244 g/mol. The van der Waals surface area contributed by atoms with Crippen LogP contribution in [0.4, 0.5) is 0 Å². The average molecular weight is 268 g/mol. The van der Waals surface area contributed by atoms with Gasteiger partial charge < -0.3 is 5.32 Å². The first-order valence-corrected chi connectivity index (χ1v) is 7.42. The van der Waals surface area contributed by atoms with Gasteiger partial charge >= 0.3 is 0 Å². The number of hydrogen-bond acceptors (Lipinski definition) is 2. The molecule has 0 unspecified atom stereocenters. The highest BCUT2D eigenvalue weighted by molar-refractivity contribution is 5.79. The van der Waals surface area contributed by atoms with Crippen LogP contribution >= 0.6 is 0 Å². The molecule has 1 saturated carbocycles. The van der Waals surface area contributed by atoms with Gasteiger partial charge in [0.05, 0.1) is 5.52 Å². The van der Waals surface area contributed by atoms with Crippen LogP contribution in [0.2, 0.25) is 0 Å². The molecule has 0 spiro atoms. The molecule has 1 aromatic heterocycles. The molecule has 2 aromatic rings. The molecule has 1 aliphatic rings. The zero-order valence-corrected chi connectivity index (χ0v) is 13.1. The number of pyridine rings is 1. The van der Waals surface area contributed by atoms with Gasteiger partial charge in [0.1, 0.15) is 0 Å². The molecule has 0 bridgehead atoms. The van der Waals surface area contributed by atoms with E-state index in [1.54, 1.807) is 0 Å². The monoisotopic (exact) mass is 268 g/mol. The van der Waals surface area contributed by atoms with Crippen molar-refractivity contribution in [3.05, 3.63) is 41.6 Å². The minimum Gasteiger partial charge on any atom is -0.309 e. The molecule has 2 nitrogen and oxygen atoms in total. The first kappa shape index (κ1) is 13.6. The molecule has 20 heavy (non-hydrogen) atoms. The summed E-state index contributed by atoms with van der Waals surface area (Å²) in [4.78, 5) is 4.55. The van der Waals surface area contributed by atoms with Crippen molar-refractivity contribution in [2.45, 2.75) is 47.2 Å². The Hall–Kier alpha value is -1.41. The summed E-state index contributed by atoms with van der Waals surface area (Å²) in [6.07, 6.45) is 0. The predicted octanol–water partition coefficient (Wildman–Crippen LogP) is 4.07. The second kappa shape index (κ2) is 4.29. The molecule has 1 aliphatic carbocycles. The molecule has 1 N–H and O–H groups in total. The van der Waals surface area contributed by atoms with Crippen LogP contribution in [0.3, 0.4) is 0 Å². The number of nitrogens with one attached hydrogen (secondary N) is 1. The van der Waals surface area contributed by atoms with Crippen LogP contribution in [0.15, 0.2) is 30.3 Å². The fraction of sp³-hybridized carbons (Fsp3) is 0.500. The quantitative estimate of drug-likeness (QED) is 0.907. The highest BCUT2D eigenvalue weighted by Gasteiger charge is 2.64. The Morgan fingerprint density at radius 2 is 1.75 bits per heavy atom. The molecule has 1 aromatic carbocycles. The molecule has 1 fully saturated rings. The lowest BCUT2D eigenvalue weighted by Gasteiger charge is -2.08. The summed E-state index contributed by atoms with van der Waals surface area (Å²) in [6.45, 7) is 12.3. The summed E-state index contributed by atoms with van der Waals surface area (Å²) in [5.41, 5.74) is 4.28. The summed E-state index contributed by atoms with van der Waals surface area (Å²) in [5.74, 6) is 0. The summed E-state index contributed by atoms with van der Waals surface area (Å²) in [5, 5.41) is 4.94. The number of rotatable bonds is 3. The summed E-state index contributed by atoms with van der Waals surface area (Å²) < 4.78 is 0. The number of hydrogen-bond donors (Lipinski definition) is 1. The Morgan fingerprint density at radius 1 is 1.05 bits per heavy atom. The Kier molecular flexibility index (Phi) is 2.91. The van der Waals surface area contributed by atoms with Crippen molar-refractivity contribution in [2.24, 2.45) is 10.8 Å². The fourth-order valence-corrected chi connectivity index (χ4v) is 3.31. The van der Waals surface area contributed by atoms with E-state index < -0.39 is 0 Å². The summed E-state index contributed by atoms with van der Waals surface area (Å²) in [7, 11) is 0. The topological polar surface area (TPSA) is 24.9 Å². The molecule has 0 saturated heterocycles. The van der Waals surface area contributed by atoms with Gasteiger partial charge in [-0.05, 0) is 41.5 Å². The lowest BCUT2D eigenvalue weighted by atomic mass is 10.0. The van der Waals surface area contributed by atoms with Crippen molar-refractivity contribution in [3.8, 4) is 0 Å². The lowest BCUT2D eigenvalue weighted by molar-refractivity contribution is 0.457. The third-order valence-corrected chi connectivity index (χ3v) is 5.42. The van der Waals surface area contributed by atoms with E-state index in [-0.39, 0.29) is 0 Å². The molecule has 2 heteroatoms. The average Bonchev–Trinajstić information content (AvgIpc) is 2.77. The van der Waals surface area contributed by atoms with Gasteiger partial charge in [-0.1, -0.05) is 39.8 Å². The number of fused-ring (bicyclic) bond motifs is 1. The van der Waals surface area contributed by atoms with Gasteiger partial charge in [-0.25, -0.2) is 0 Å². The van der Waals surface area contributed by atoms with E-state index in [4.69, 9.17) is 0 Å². The third-order valence-electron chi connectivity index (χ3n) is 5.42. The summed E-state index contributed by atoms with van der Waals surface area (Å²) >= 11 is 0. The zero-order valence-electron chi connectivity index (χ0n) is 13.1. The van der Waals surface area contributed by atoms with Crippen LogP contribution in [-0.4, -0.2) is 11.0 Å². The minimum atomic E-state index is 0.391. The summed E-state index contributed by atoms with van der Waals surface area (Å²) in [6, 6.07) is 11.4. The highest BCUT2D eigenvalue weighted by Crippen LogP contribution is 2.62. The largest absolute Gasteiger partial charge is 0.309 e. The maximum absolute atomic E-state index is 4.55. The number of aryl methyl sites for hydroxylation is 1. The second-order valence-electron chi connectivity index (χ2n) is 7.24. The van der Waals surface area contributed by atoms with Gasteiger partial charge in [-0.3, -0.25) is 4.98 Å². The van der Waals surface area contributed by atoms with E-state index in [1.807, 2.05) is 6.92 Å². The van der Waals surface area contributed by atoms with Gasteiger partial charge in [0.15, 0.2) is 0 Å². The normalized spacial score (nSPS) is 20.2. The van der Waals surface area contributed by atoms with Gasteiger partial charge in [0, 0.05) is 23.7 Å². The van der Waals surface area contributed by atoms with Crippen LogP contribution in [0.5, 0.6) is 0 Å². The maximum atomic E-state index is 4.55. The molecule has 106 valence electrons. The van der Waals surface area contributed by atoms with Crippen LogP contribution in [-0.2, 0) is 6.54 Å². The van der Waals surface area contributed by atoms with E-state index in [1.165, 1.54) is 10.9 Å². The van der Waals surface area contributed by atoms with Crippen LogP contribution < -0.4 is 5.32 Å². The smallest absolute Gasteiger partial charge is 0.0705 e. The number of benzene rings is 1. The van der Waals surface area contributed by atoms with E-state index in [0.29, 0.717) is 16.9 Å². The van der Waals surface area contributed by atoms with Crippen molar-refractivity contribution in [2.75, 3.05) is 0 Å².